The second kappa shape index (κ2) is 4.87. The molecular weight excluding hydrogens is 168 g/mol. The van der Waals surface area contributed by atoms with Gasteiger partial charge in [0.05, 0.1) is 6.21 Å². The van der Waals surface area contributed by atoms with Gasteiger partial charge in [0.2, 0.25) is 0 Å². The molecule has 0 aromatic carbocycles. The first-order valence-corrected chi connectivity index (χ1v) is 3.74. The summed E-state index contributed by atoms with van der Waals surface area (Å²) in [6, 6.07) is 3.28. The van der Waals surface area contributed by atoms with Crippen LogP contribution in [0.3, 0.4) is 0 Å². The van der Waals surface area contributed by atoms with E-state index in [0.29, 0.717) is 0 Å². The number of aromatic nitrogens is 1. The van der Waals surface area contributed by atoms with Crippen LogP contribution in [0.5, 0.6) is 0 Å². The molecule has 0 spiro atoms. The van der Waals surface area contributed by atoms with Crippen LogP contribution in [-0.2, 0) is 0 Å². The molecule has 0 atom stereocenters. The molecule has 0 saturated heterocycles. The van der Waals surface area contributed by atoms with Gasteiger partial charge in [-0.25, -0.2) is 10.2 Å². The fourth-order valence-corrected chi connectivity index (χ4v) is 0.674. The number of pyridine rings is 1. The maximum atomic E-state index is 10.7. The number of carbonyl (C=O) groups excluding carboxylic acids is 1. The Bertz CT molecular complexity index is 296. The van der Waals surface area contributed by atoms with Crippen LogP contribution >= 0.6 is 0 Å². The van der Waals surface area contributed by atoms with Gasteiger partial charge in [0.1, 0.15) is 0 Å². The van der Waals surface area contributed by atoms with Crippen LogP contribution in [0.2, 0.25) is 0 Å². The van der Waals surface area contributed by atoms with Gasteiger partial charge in [-0.1, -0.05) is 6.07 Å². The molecule has 0 aliphatic heterocycles. The minimum atomic E-state index is -0.347. The van der Waals surface area contributed by atoms with Crippen LogP contribution in [0.1, 0.15) is 5.56 Å². The molecule has 1 heterocycles. The molecule has 2 amide bonds. The maximum absolute atomic E-state index is 10.7. The van der Waals surface area contributed by atoms with Crippen molar-refractivity contribution in [3.05, 3.63) is 30.1 Å². The van der Waals surface area contributed by atoms with Crippen molar-refractivity contribution in [2.75, 3.05) is 7.05 Å². The van der Waals surface area contributed by atoms with E-state index in [1.54, 1.807) is 18.5 Å². The Kier molecular flexibility index (Phi) is 3.44. The lowest BCUT2D eigenvalue weighted by Gasteiger charge is -1.95. The summed E-state index contributed by atoms with van der Waals surface area (Å²) in [6.07, 6.45) is 4.83. The van der Waals surface area contributed by atoms with E-state index in [9.17, 15) is 4.79 Å². The lowest BCUT2D eigenvalue weighted by atomic mass is 10.3. The third-order valence-electron chi connectivity index (χ3n) is 1.29. The molecule has 0 unspecified atom stereocenters. The summed E-state index contributed by atoms with van der Waals surface area (Å²) >= 11 is 0. The molecule has 1 aromatic rings. The molecule has 0 saturated carbocycles. The third-order valence-corrected chi connectivity index (χ3v) is 1.29. The Hall–Kier alpha value is -1.91. The Balaban J connectivity index is 2.45. The maximum Gasteiger partial charge on any atom is 0.334 e. The van der Waals surface area contributed by atoms with E-state index in [2.05, 4.69) is 20.8 Å². The number of nitrogens with zero attached hydrogens (tertiary/aromatic N) is 2. The van der Waals surface area contributed by atoms with Crippen LogP contribution in [0.15, 0.2) is 29.6 Å². The average Bonchev–Trinajstić information content (AvgIpc) is 2.19. The number of urea groups is 1. The molecule has 5 nitrogen and oxygen atoms in total. The summed E-state index contributed by atoms with van der Waals surface area (Å²) in [7, 11) is 1.52. The number of rotatable bonds is 2. The first-order chi connectivity index (χ1) is 6.33. The lowest BCUT2D eigenvalue weighted by molar-refractivity contribution is 0.243. The van der Waals surface area contributed by atoms with Crippen molar-refractivity contribution in [2.24, 2.45) is 5.10 Å². The molecular formula is C8H10N4O. The van der Waals surface area contributed by atoms with Gasteiger partial charge in [-0.3, -0.25) is 4.98 Å². The highest BCUT2D eigenvalue weighted by Gasteiger charge is 1.89. The fraction of sp³-hybridized carbons (Fsp3) is 0.125. The molecule has 0 radical (unpaired) electrons. The van der Waals surface area contributed by atoms with Gasteiger partial charge in [-0.15, -0.1) is 0 Å². The second-order valence-corrected chi connectivity index (χ2v) is 2.24. The fourth-order valence-electron chi connectivity index (χ4n) is 0.674. The van der Waals surface area contributed by atoms with Gasteiger partial charge in [-0.2, -0.15) is 5.10 Å². The Morgan fingerprint density at radius 2 is 2.54 bits per heavy atom. The number of carbonyl (C=O) groups is 1. The zero-order chi connectivity index (χ0) is 9.52. The molecule has 5 heteroatoms. The summed E-state index contributed by atoms with van der Waals surface area (Å²) in [5.41, 5.74) is 3.10. The first-order valence-electron chi connectivity index (χ1n) is 3.74. The summed E-state index contributed by atoms with van der Waals surface area (Å²) < 4.78 is 0. The standard InChI is InChI=1S/C8H10N4O/c1-9-8(13)12-11-6-7-3-2-4-10-5-7/h2-6H,1H3,(H2,9,12,13)/b11-6-. The normalized spacial score (nSPS) is 9.92. The predicted molar refractivity (Wildman–Crippen MR) is 49.4 cm³/mol. The molecule has 0 aliphatic rings. The molecule has 0 aliphatic carbocycles. The molecule has 0 bridgehead atoms. The Morgan fingerprint density at radius 1 is 1.69 bits per heavy atom. The van der Waals surface area contributed by atoms with Crippen LogP contribution in [0, 0.1) is 0 Å². The van der Waals surface area contributed by atoms with Crippen molar-refractivity contribution < 1.29 is 4.79 Å². The molecule has 68 valence electrons. The van der Waals surface area contributed by atoms with Crippen LogP contribution in [0.25, 0.3) is 0 Å². The van der Waals surface area contributed by atoms with Crippen LogP contribution in [0.4, 0.5) is 4.79 Å². The van der Waals surface area contributed by atoms with Crippen LogP contribution < -0.4 is 10.7 Å². The number of hydrogen-bond acceptors (Lipinski definition) is 3. The van der Waals surface area contributed by atoms with E-state index >= 15 is 0 Å². The van der Waals surface area contributed by atoms with Gasteiger partial charge in [0.15, 0.2) is 0 Å². The van der Waals surface area contributed by atoms with E-state index in [-0.39, 0.29) is 6.03 Å². The van der Waals surface area contributed by atoms with Crippen molar-refractivity contribution in [1.29, 1.82) is 0 Å². The zero-order valence-electron chi connectivity index (χ0n) is 7.19. The average molecular weight is 178 g/mol. The molecule has 1 aromatic heterocycles. The van der Waals surface area contributed by atoms with Gasteiger partial charge >= 0.3 is 6.03 Å². The van der Waals surface area contributed by atoms with E-state index in [1.165, 1.54) is 13.3 Å². The highest BCUT2D eigenvalue weighted by molar-refractivity contribution is 5.81. The van der Waals surface area contributed by atoms with Crippen LogP contribution in [-0.4, -0.2) is 24.3 Å². The SMILES string of the molecule is CNC(=O)N/N=C\c1cccnc1. The number of hydrogen-bond donors (Lipinski definition) is 2. The highest BCUT2D eigenvalue weighted by Crippen LogP contribution is 1.89. The van der Waals surface area contributed by atoms with Crippen molar-refractivity contribution in [3.8, 4) is 0 Å². The number of hydrazone groups is 1. The predicted octanol–water partition coefficient (Wildman–Crippen LogP) is 0.344. The summed E-state index contributed by atoms with van der Waals surface area (Å²) in [5, 5.41) is 6.06. The smallest absolute Gasteiger partial charge is 0.334 e. The quantitative estimate of drug-likeness (QED) is 0.506. The van der Waals surface area contributed by atoms with Gasteiger partial charge < -0.3 is 5.32 Å². The summed E-state index contributed by atoms with van der Waals surface area (Å²) in [5.74, 6) is 0. The lowest BCUT2D eigenvalue weighted by Crippen LogP contribution is -2.28. The number of amides is 2. The molecule has 1 rings (SSSR count). The van der Waals surface area contributed by atoms with Gasteiger partial charge in [-0.05, 0) is 6.07 Å². The van der Waals surface area contributed by atoms with E-state index in [1.807, 2.05) is 6.07 Å². The highest BCUT2D eigenvalue weighted by atomic mass is 16.2. The molecule has 0 fully saturated rings. The first kappa shape index (κ1) is 9.18. The second-order valence-electron chi connectivity index (χ2n) is 2.24. The molecule has 13 heavy (non-hydrogen) atoms. The Morgan fingerprint density at radius 3 is 3.15 bits per heavy atom. The van der Waals surface area contributed by atoms with E-state index in [0.717, 1.165) is 5.56 Å². The summed E-state index contributed by atoms with van der Waals surface area (Å²) in [6.45, 7) is 0. The van der Waals surface area contributed by atoms with E-state index in [4.69, 9.17) is 0 Å². The van der Waals surface area contributed by atoms with Crippen molar-refractivity contribution >= 4 is 12.2 Å². The molecule has 2 N–H and O–H groups in total. The minimum absolute atomic E-state index is 0.347. The third kappa shape index (κ3) is 3.33. The van der Waals surface area contributed by atoms with Crippen molar-refractivity contribution in [2.45, 2.75) is 0 Å². The largest absolute Gasteiger partial charge is 0.340 e. The topological polar surface area (TPSA) is 66.4 Å². The monoisotopic (exact) mass is 178 g/mol. The van der Waals surface area contributed by atoms with Gasteiger partial charge in [0, 0.05) is 25.0 Å². The summed E-state index contributed by atoms with van der Waals surface area (Å²) in [4.78, 5) is 14.5. The number of nitrogens with one attached hydrogen (secondary N) is 2. The van der Waals surface area contributed by atoms with Crippen molar-refractivity contribution in [3.63, 3.8) is 0 Å². The van der Waals surface area contributed by atoms with Crippen molar-refractivity contribution in [1.82, 2.24) is 15.7 Å². The zero-order valence-corrected chi connectivity index (χ0v) is 7.19. The van der Waals surface area contributed by atoms with Gasteiger partial charge in [0.25, 0.3) is 0 Å². The van der Waals surface area contributed by atoms with E-state index < -0.39 is 0 Å². The Labute approximate surface area is 75.9 Å². The minimum Gasteiger partial charge on any atom is -0.340 e.